The number of rotatable bonds is 24. The standard InChI is InChI=1S/C34H57N9O14S/c1-14(2)24(32(54)43-27(17(6)45)34(56)57)40-21(46)11-36-28(50)19(10-23(48)49)38-33(55)26(16(5)44)41-22(47)12-37-29(51)20(13-58)39-31(53)25(15(3)4)42-30(52)18-8-7-9-35-18/h14-20,24-27,35,44-45,58H,7-13H2,1-6H3,(H,36,50)(H,37,51)(H,38,55)(H,39,53)(H,40,46)(H,41,47)(H,42,52)(H,43,54)(H,48,49)(H,56,57)/t16-,17-,18+,19+,20+,24+,25+,26+,27+/m1/s1. The average molecular weight is 848 g/mol. The fraction of sp³-hybridized carbons (Fsp3) is 0.706. The topological polar surface area (TPSA) is 360 Å². The third-order valence-corrected chi connectivity index (χ3v) is 9.06. The highest BCUT2D eigenvalue weighted by Gasteiger charge is 2.35. The molecule has 1 rings (SSSR count). The molecule has 1 aliphatic rings. The molecule has 13 N–H and O–H groups in total. The summed E-state index contributed by atoms with van der Waals surface area (Å²) in [5, 5.41) is 59.7. The molecular weight excluding hydrogens is 790 g/mol. The molecule has 1 fully saturated rings. The molecule has 328 valence electrons. The second-order valence-electron chi connectivity index (χ2n) is 14.4. The van der Waals surface area contributed by atoms with Gasteiger partial charge in [0.2, 0.25) is 47.3 Å². The Labute approximate surface area is 340 Å². The molecule has 0 bridgehead atoms. The summed E-state index contributed by atoms with van der Waals surface area (Å²) < 4.78 is 0. The number of carbonyl (C=O) groups is 10. The van der Waals surface area contributed by atoms with E-state index in [0.29, 0.717) is 13.0 Å². The number of aliphatic carboxylic acids is 2. The molecule has 58 heavy (non-hydrogen) atoms. The number of aliphatic hydroxyl groups is 2. The van der Waals surface area contributed by atoms with E-state index in [-0.39, 0.29) is 17.6 Å². The molecular formula is C34H57N9O14S. The summed E-state index contributed by atoms with van der Waals surface area (Å²) in [6.07, 6.45) is -2.71. The van der Waals surface area contributed by atoms with Crippen LogP contribution >= 0.6 is 12.6 Å². The number of hydrogen-bond donors (Lipinski definition) is 14. The Morgan fingerprint density at radius 2 is 1.05 bits per heavy atom. The van der Waals surface area contributed by atoms with Gasteiger partial charge >= 0.3 is 11.9 Å². The van der Waals surface area contributed by atoms with Crippen LogP contribution in [0.25, 0.3) is 0 Å². The van der Waals surface area contributed by atoms with Gasteiger partial charge in [0, 0.05) is 5.75 Å². The fourth-order valence-electron chi connectivity index (χ4n) is 5.40. The van der Waals surface area contributed by atoms with Gasteiger partial charge in [-0.15, -0.1) is 0 Å². The predicted octanol–water partition coefficient (Wildman–Crippen LogP) is -5.56. The molecule has 23 nitrogen and oxygen atoms in total. The summed E-state index contributed by atoms with van der Waals surface area (Å²) in [4.78, 5) is 126. The lowest BCUT2D eigenvalue weighted by Crippen LogP contribution is -2.60. The molecule has 0 saturated carbocycles. The van der Waals surface area contributed by atoms with Crippen LogP contribution in [0.4, 0.5) is 0 Å². The zero-order valence-electron chi connectivity index (χ0n) is 33.1. The van der Waals surface area contributed by atoms with Crippen LogP contribution in [0, 0.1) is 11.8 Å². The first-order valence-electron chi connectivity index (χ1n) is 18.5. The molecule has 1 saturated heterocycles. The third kappa shape index (κ3) is 17.2. The summed E-state index contributed by atoms with van der Waals surface area (Å²) in [5.74, 6) is -11.5. The lowest BCUT2D eigenvalue weighted by Gasteiger charge is -2.26. The first kappa shape index (κ1) is 50.9. The minimum absolute atomic E-state index is 0.208. The van der Waals surface area contributed by atoms with Crippen LogP contribution < -0.4 is 47.9 Å². The molecule has 9 atom stereocenters. The normalized spacial score (nSPS) is 17.8. The lowest BCUT2D eigenvalue weighted by atomic mass is 10.0. The number of aliphatic hydroxyl groups excluding tert-OH is 2. The SMILES string of the molecule is CC(C)[C@H](NC(=O)CNC(=O)[C@H](CC(=O)O)NC(=O)[C@@H](NC(=O)CNC(=O)[C@H](CS)NC(=O)[C@@H](NC(=O)[C@@H]1CCCN1)C(C)C)[C@@H](C)O)C(=O)N[C@H](C(=O)O)[C@@H](C)O. The molecule has 0 aromatic carbocycles. The van der Waals surface area contributed by atoms with Gasteiger partial charge in [-0.25, -0.2) is 4.79 Å². The Morgan fingerprint density at radius 3 is 1.48 bits per heavy atom. The second-order valence-corrected chi connectivity index (χ2v) is 14.7. The fourth-order valence-corrected chi connectivity index (χ4v) is 5.66. The number of nitrogens with one attached hydrogen (secondary N) is 9. The van der Waals surface area contributed by atoms with E-state index in [4.69, 9.17) is 0 Å². The van der Waals surface area contributed by atoms with Crippen LogP contribution in [0.15, 0.2) is 0 Å². The third-order valence-electron chi connectivity index (χ3n) is 8.69. The Balaban J connectivity index is 2.86. The monoisotopic (exact) mass is 847 g/mol. The van der Waals surface area contributed by atoms with Crippen molar-refractivity contribution >= 4 is 71.8 Å². The van der Waals surface area contributed by atoms with Crippen LogP contribution in [0.3, 0.4) is 0 Å². The lowest BCUT2D eigenvalue weighted by molar-refractivity contribution is -0.145. The van der Waals surface area contributed by atoms with Gasteiger partial charge in [-0.3, -0.25) is 43.2 Å². The van der Waals surface area contributed by atoms with Gasteiger partial charge in [0.15, 0.2) is 6.04 Å². The maximum Gasteiger partial charge on any atom is 0.328 e. The van der Waals surface area contributed by atoms with Crippen LogP contribution in [-0.2, 0) is 47.9 Å². The van der Waals surface area contributed by atoms with Crippen LogP contribution in [0.1, 0.15) is 60.8 Å². The van der Waals surface area contributed by atoms with Crippen molar-refractivity contribution in [1.82, 2.24) is 47.9 Å². The number of carboxylic acid groups (broad SMARTS) is 2. The van der Waals surface area contributed by atoms with E-state index in [2.05, 4.69) is 60.5 Å². The maximum absolute atomic E-state index is 13.1. The Hall–Kier alpha value is -5.07. The minimum Gasteiger partial charge on any atom is -0.481 e. The molecule has 1 heterocycles. The van der Waals surface area contributed by atoms with E-state index in [1.807, 2.05) is 0 Å². The quantitative estimate of drug-likeness (QED) is 0.0403. The van der Waals surface area contributed by atoms with E-state index in [9.17, 15) is 68.4 Å². The first-order chi connectivity index (χ1) is 27.0. The second kappa shape index (κ2) is 24.6. The summed E-state index contributed by atoms with van der Waals surface area (Å²) in [7, 11) is 0. The smallest absolute Gasteiger partial charge is 0.328 e. The van der Waals surface area contributed by atoms with E-state index in [1.54, 1.807) is 13.8 Å². The zero-order valence-corrected chi connectivity index (χ0v) is 34.0. The summed E-state index contributed by atoms with van der Waals surface area (Å²) >= 11 is 4.10. The first-order valence-corrected chi connectivity index (χ1v) is 19.1. The Bertz CT molecular complexity index is 1510. The highest BCUT2D eigenvalue weighted by atomic mass is 32.1. The van der Waals surface area contributed by atoms with Gasteiger partial charge in [-0.05, 0) is 45.1 Å². The van der Waals surface area contributed by atoms with Crippen molar-refractivity contribution in [3.63, 3.8) is 0 Å². The molecule has 0 aromatic heterocycles. The van der Waals surface area contributed by atoms with Crippen molar-refractivity contribution in [2.75, 3.05) is 25.4 Å². The summed E-state index contributed by atoms with van der Waals surface area (Å²) in [6, 6.07) is -9.34. The van der Waals surface area contributed by atoms with Gasteiger partial charge < -0.3 is 68.3 Å². The zero-order chi connectivity index (χ0) is 44.4. The van der Waals surface area contributed by atoms with Crippen molar-refractivity contribution in [3.05, 3.63) is 0 Å². The van der Waals surface area contributed by atoms with Crippen molar-refractivity contribution in [3.8, 4) is 0 Å². The molecule has 24 heteroatoms. The molecule has 0 aliphatic carbocycles. The highest BCUT2D eigenvalue weighted by Crippen LogP contribution is 2.09. The van der Waals surface area contributed by atoms with E-state index >= 15 is 0 Å². The van der Waals surface area contributed by atoms with Crippen LogP contribution in [-0.4, -0.2) is 160 Å². The molecule has 0 unspecified atom stereocenters. The van der Waals surface area contributed by atoms with Gasteiger partial charge in [0.05, 0.1) is 37.8 Å². The summed E-state index contributed by atoms with van der Waals surface area (Å²) in [6.45, 7) is 7.73. The van der Waals surface area contributed by atoms with Gasteiger partial charge in [-0.1, -0.05) is 27.7 Å². The van der Waals surface area contributed by atoms with Crippen molar-refractivity contribution < 1.29 is 68.4 Å². The number of amides is 8. The van der Waals surface area contributed by atoms with Crippen molar-refractivity contribution in [2.45, 2.75) is 115 Å². The Kier molecular flexibility index (Phi) is 21.6. The van der Waals surface area contributed by atoms with Crippen LogP contribution in [0.5, 0.6) is 0 Å². The van der Waals surface area contributed by atoms with Crippen molar-refractivity contribution in [2.24, 2.45) is 11.8 Å². The number of thiol groups is 1. The average Bonchev–Trinajstić information content (AvgIpc) is 3.68. The molecule has 0 aromatic rings. The van der Waals surface area contributed by atoms with Crippen molar-refractivity contribution in [1.29, 1.82) is 0 Å². The maximum atomic E-state index is 13.1. The minimum atomic E-state index is -1.85. The van der Waals surface area contributed by atoms with E-state index in [1.165, 1.54) is 13.8 Å². The highest BCUT2D eigenvalue weighted by molar-refractivity contribution is 7.80. The summed E-state index contributed by atoms with van der Waals surface area (Å²) in [5.41, 5.74) is 0. The molecule has 0 radical (unpaired) electrons. The molecule has 0 spiro atoms. The van der Waals surface area contributed by atoms with Gasteiger partial charge in [0.1, 0.15) is 30.2 Å². The predicted molar refractivity (Wildman–Crippen MR) is 205 cm³/mol. The molecule has 8 amide bonds. The van der Waals surface area contributed by atoms with E-state index in [0.717, 1.165) is 20.3 Å². The number of carbonyl (C=O) groups excluding carboxylic acids is 8. The molecule has 1 aliphatic heterocycles. The van der Waals surface area contributed by atoms with Gasteiger partial charge in [-0.2, -0.15) is 12.6 Å². The van der Waals surface area contributed by atoms with Gasteiger partial charge in [0.25, 0.3) is 0 Å². The Morgan fingerprint density at radius 1 is 0.603 bits per heavy atom. The largest absolute Gasteiger partial charge is 0.481 e. The number of carboxylic acids is 2. The number of hydrogen-bond acceptors (Lipinski definition) is 14. The van der Waals surface area contributed by atoms with E-state index < -0.39 is 133 Å². The van der Waals surface area contributed by atoms with Crippen LogP contribution in [0.2, 0.25) is 0 Å².